The van der Waals surface area contributed by atoms with Crippen molar-refractivity contribution >= 4 is 0 Å². The predicted molar refractivity (Wildman–Crippen MR) is 60.4 cm³/mol. The molecule has 92 valence electrons. The van der Waals surface area contributed by atoms with E-state index < -0.39 is 0 Å². The van der Waals surface area contributed by atoms with Crippen molar-refractivity contribution < 1.29 is 13.9 Å². The second-order valence-electron chi connectivity index (χ2n) is 3.53. The summed E-state index contributed by atoms with van der Waals surface area (Å²) in [5.41, 5.74) is 0.952. The molecule has 0 aromatic carbocycles. The van der Waals surface area contributed by atoms with Gasteiger partial charge in [-0.05, 0) is 13.8 Å². The fourth-order valence-electron chi connectivity index (χ4n) is 1.20. The molecule has 0 fully saturated rings. The number of aromatic nitrogens is 1. The van der Waals surface area contributed by atoms with Crippen molar-refractivity contribution in [2.75, 3.05) is 33.5 Å². The molecule has 5 heteroatoms. The molecule has 16 heavy (non-hydrogen) atoms. The third kappa shape index (κ3) is 4.74. The average molecular weight is 228 g/mol. The lowest BCUT2D eigenvalue weighted by Crippen LogP contribution is -2.20. The number of nitrogens with zero attached hydrogens (tertiary/aromatic N) is 1. The molecule has 0 bridgehead atoms. The lowest BCUT2D eigenvalue weighted by molar-refractivity contribution is 0.0717. The highest BCUT2D eigenvalue weighted by Crippen LogP contribution is 2.07. The highest BCUT2D eigenvalue weighted by atomic mass is 16.5. The lowest BCUT2D eigenvalue weighted by Gasteiger charge is -2.03. The number of rotatable bonds is 8. The Kier molecular flexibility index (Phi) is 6.07. The molecule has 0 unspecified atom stereocenters. The van der Waals surface area contributed by atoms with Gasteiger partial charge in [0, 0.05) is 13.7 Å². The fraction of sp³-hybridized carbons (Fsp3) is 0.727. The van der Waals surface area contributed by atoms with Gasteiger partial charge in [0.25, 0.3) is 0 Å². The number of methoxy groups -OCH3 is 1. The number of nitrogens with one attached hydrogen (secondary N) is 1. The fourth-order valence-corrected chi connectivity index (χ4v) is 1.20. The van der Waals surface area contributed by atoms with E-state index in [9.17, 15) is 0 Å². The molecular formula is C11H20N2O3. The molecule has 0 saturated carbocycles. The highest BCUT2D eigenvalue weighted by molar-refractivity contribution is 5.04. The summed E-state index contributed by atoms with van der Waals surface area (Å²) in [7, 11) is 1.66. The molecule has 0 radical (unpaired) electrons. The summed E-state index contributed by atoms with van der Waals surface area (Å²) in [6, 6.07) is 0. The molecule has 1 rings (SSSR count). The molecule has 1 heterocycles. The van der Waals surface area contributed by atoms with Crippen molar-refractivity contribution in [3.8, 4) is 0 Å². The molecule has 0 amide bonds. The number of oxazole rings is 1. The normalized spacial score (nSPS) is 10.9. The maximum Gasteiger partial charge on any atom is 0.208 e. The van der Waals surface area contributed by atoms with Crippen LogP contribution in [0.2, 0.25) is 0 Å². The molecular weight excluding hydrogens is 208 g/mol. The van der Waals surface area contributed by atoms with Crippen LogP contribution in [0.4, 0.5) is 0 Å². The van der Waals surface area contributed by atoms with Crippen LogP contribution in [0.25, 0.3) is 0 Å². The summed E-state index contributed by atoms with van der Waals surface area (Å²) in [6.45, 7) is 7.22. The van der Waals surface area contributed by atoms with Crippen molar-refractivity contribution in [1.82, 2.24) is 10.3 Å². The van der Waals surface area contributed by atoms with Crippen LogP contribution in [0.1, 0.15) is 17.3 Å². The number of hydrogen-bond donors (Lipinski definition) is 1. The van der Waals surface area contributed by atoms with E-state index in [1.807, 2.05) is 13.8 Å². The Labute approximate surface area is 96.1 Å². The van der Waals surface area contributed by atoms with E-state index >= 15 is 0 Å². The summed E-state index contributed by atoms with van der Waals surface area (Å²) >= 11 is 0. The maximum atomic E-state index is 5.42. The van der Waals surface area contributed by atoms with E-state index in [0.29, 0.717) is 26.4 Å². The summed E-state index contributed by atoms with van der Waals surface area (Å²) in [5.74, 6) is 1.61. The molecule has 0 atom stereocenters. The lowest BCUT2D eigenvalue weighted by atomic mass is 10.4. The Morgan fingerprint density at radius 3 is 2.69 bits per heavy atom. The monoisotopic (exact) mass is 228 g/mol. The van der Waals surface area contributed by atoms with Gasteiger partial charge in [-0.2, -0.15) is 0 Å². The van der Waals surface area contributed by atoms with Gasteiger partial charge in [-0.25, -0.2) is 4.98 Å². The summed E-state index contributed by atoms with van der Waals surface area (Å²) in [4.78, 5) is 4.27. The standard InChI is InChI=1S/C11H20N2O3/c1-9-10(2)16-11(13-9)8-12-4-5-15-7-6-14-3/h12H,4-8H2,1-3H3. The Balaban J connectivity index is 2.03. The van der Waals surface area contributed by atoms with Crippen molar-refractivity contribution in [1.29, 1.82) is 0 Å². The van der Waals surface area contributed by atoms with E-state index in [0.717, 1.165) is 23.9 Å². The summed E-state index contributed by atoms with van der Waals surface area (Å²) in [6.07, 6.45) is 0. The molecule has 5 nitrogen and oxygen atoms in total. The maximum absolute atomic E-state index is 5.42. The molecule has 0 aliphatic carbocycles. The van der Waals surface area contributed by atoms with E-state index in [2.05, 4.69) is 10.3 Å². The van der Waals surface area contributed by atoms with Gasteiger partial charge in [0.1, 0.15) is 5.76 Å². The molecule has 1 aromatic heterocycles. The minimum absolute atomic E-state index is 0.634. The number of aryl methyl sites for hydroxylation is 2. The van der Waals surface area contributed by atoms with Crippen LogP contribution in [-0.4, -0.2) is 38.5 Å². The van der Waals surface area contributed by atoms with Crippen molar-refractivity contribution in [3.05, 3.63) is 17.3 Å². The molecule has 0 aliphatic heterocycles. The first-order chi connectivity index (χ1) is 7.74. The van der Waals surface area contributed by atoms with Gasteiger partial charge >= 0.3 is 0 Å². The van der Waals surface area contributed by atoms with Gasteiger partial charge in [-0.15, -0.1) is 0 Å². The van der Waals surface area contributed by atoms with Crippen molar-refractivity contribution in [2.45, 2.75) is 20.4 Å². The van der Waals surface area contributed by atoms with Gasteiger partial charge in [0.15, 0.2) is 0 Å². The zero-order valence-electron chi connectivity index (χ0n) is 10.2. The van der Waals surface area contributed by atoms with Crippen molar-refractivity contribution in [3.63, 3.8) is 0 Å². The SMILES string of the molecule is COCCOCCNCc1nc(C)c(C)o1. The van der Waals surface area contributed by atoms with Gasteiger partial charge < -0.3 is 19.2 Å². The molecule has 1 aromatic rings. The van der Waals surface area contributed by atoms with Crippen LogP contribution < -0.4 is 5.32 Å². The predicted octanol–water partition coefficient (Wildman–Crippen LogP) is 1.04. The minimum Gasteiger partial charge on any atom is -0.444 e. The molecule has 0 saturated heterocycles. The zero-order chi connectivity index (χ0) is 11.8. The molecule has 1 N–H and O–H groups in total. The number of hydrogen-bond acceptors (Lipinski definition) is 5. The smallest absolute Gasteiger partial charge is 0.208 e. The number of ether oxygens (including phenoxy) is 2. The van der Waals surface area contributed by atoms with Gasteiger partial charge in [-0.3, -0.25) is 0 Å². The van der Waals surface area contributed by atoms with E-state index in [-0.39, 0.29) is 0 Å². The minimum atomic E-state index is 0.634. The third-order valence-electron chi connectivity index (χ3n) is 2.20. The van der Waals surface area contributed by atoms with Crippen LogP contribution in [0.5, 0.6) is 0 Å². The second kappa shape index (κ2) is 7.38. The van der Waals surface area contributed by atoms with Gasteiger partial charge in [0.2, 0.25) is 5.89 Å². The first-order valence-electron chi connectivity index (χ1n) is 5.44. The largest absolute Gasteiger partial charge is 0.444 e. The zero-order valence-corrected chi connectivity index (χ0v) is 10.2. The Morgan fingerprint density at radius 2 is 2.06 bits per heavy atom. The van der Waals surface area contributed by atoms with Crippen molar-refractivity contribution in [2.24, 2.45) is 0 Å². The van der Waals surface area contributed by atoms with Crippen LogP contribution in [0.3, 0.4) is 0 Å². The van der Waals surface area contributed by atoms with Gasteiger partial charge in [0.05, 0.1) is 32.1 Å². The van der Waals surface area contributed by atoms with E-state index in [1.165, 1.54) is 0 Å². The first kappa shape index (κ1) is 13.2. The topological polar surface area (TPSA) is 56.5 Å². The average Bonchev–Trinajstić information content (AvgIpc) is 2.57. The summed E-state index contributed by atoms with van der Waals surface area (Å²) < 4.78 is 15.6. The molecule has 0 spiro atoms. The third-order valence-corrected chi connectivity index (χ3v) is 2.20. The van der Waals surface area contributed by atoms with Crippen LogP contribution >= 0.6 is 0 Å². The Bertz CT molecular complexity index is 280. The first-order valence-corrected chi connectivity index (χ1v) is 5.44. The van der Waals surface area contributed by atoms with E-state index in [1.54, 1.807) is 7.11 Å². The van der Waals surface area contributed by atoms with Crippen LogP contribution in [0, 0.1) is 13.8 Å². The Morgan fingerprint density at radius 1 is 1.25 bits per heavy atom. The van der Waals surface area contributed by atoms with Crippen LogP contribution in [0.15, 0.2) is 4.42 Å². The van der Waals surface area contributed by atoms with Crippen LogP contribution in [-0.2, 0) is 16.0 Å². The van der Waals surface area contributed by atoms with Gasteiger partial charge in [-0.1, -0.05) is 0 Å². The quantitative estimate of drug-likeness (QED) is 0.674. The second-order valence-corrected chi connectivity index (χ2v) is 3.53. The Hall–Kier alpha value is -0.910. The summed E-state index contributed by atoms with van der Waals surface area (Å²) in [5, 5.41) is 3.20. The molecule has 0 aliphatic rings. The van der Waals surface area contributed by atoms with E-state index in [4.69, 9.17) is 13.9 Å². The highest BCUT2D eigenvalue weighted by Gasteiger charge is 2.03.